The number of thioether (sulfide) groups is 1. The van der Waals surface area contributed by atoms with E-state index in [0.29, 0.717) is 41.1 Å². The van der Waals surface area contributed by atoms with Gasteiger partial charge in [-0.25, -0.2) is 0 Å². The summed E-state index contributed by atoms with van der Waals surface area (Å²) in [4.78, 5) is 27.7. The van der Waals surface area contributed by atoms with E-state index in [1.807, 2.05) is 44.2 Å². The summed E-state index contributed by atoms with van der Waals surface area (Å²) >= 11 is 13.7. The van der Waals surface area contributed by atoms with Crippen molar-refractivity contribution in [1.82, 2.24) is 10.2 Å². The van der Waals surface area contributed by atoms with Gasteiger partial charge in [-0.3, -0.25) is 9.59 Å². The molecule has 0 heterocycles. The highest BCUT2D eigenvalue weighted by atomic mass is 35.5. The lowest BCUT2D eigenvalue weighted by atomic mass is 10.1. The first-order chi connectivity index (χ1) is 15.4. The molecule has 0 radical (unpaired) electrons. The zero-order chi connectivity index (χ0) is 23.5. The number of rotatable bonds is 12. The molecule has 2 aromatic rings. The molecule has 0 bridgehead atoms. The number of carbonyl (C=O) groups is 2. The van der Waals surface area contributed by atoms with Crippen LogP contribution < -0.4 is 10.1 Å². The van der Waals surface area contributed by atoms with Gasteiger partial charge in [0.15, 0.2) is 0 Å². The first-order valence-electron chi connectivity index (χ1n) is 10.6. The van der Waals surface area contributed by atoms with Gasteiger partial charge in [-0.15, -0.1) is 11.8 Å². The Morgan fingerprint density at radius 3 is 2.59 bits per heavy atom. The topological polar surface area (TPSA) is 58.6 Å². The second-order valence-electron chi connectivity index (χ2n) is 7.32. The van der Waals surface area contributed by atoms with E-state index in [2.05, 4.69) is 5.32 Å². The Hall–Kier alpha value is -1.89. The molecule has 1 N–H and O–H groups in total. The van der Waals surface area contributed by atoms with Gasteiger partial charge in [0, 0.05) is 28.9 Å². The molecule has 0 aliphatic heterocycles. The molecular formula is C24H30Cl2N2O3S. The van der Waals surface area contributed by atoms with Gasteiger partial charge in [-0.05, 0) is 48.2 Å². The molecule has 2 amide bonds. The highest BCUT2D eigenvalue weighted by Gasteiger charge is 2.28. The van der Waals surface area contributed by atoms with E-state index < -0.39 is 6.04 Å². The minimum atomic E-state index is -0.542. The van der Waals surface area contributed by atoms with Crippen LogP contribution in [0.3, 0.4) is 0 Å². The SMILES string of the molecule is CCCNC(=O)C(CC)N(Cc1cccc(OC)c1)C(=O)CSCc1ccc(Cl)cc1Cl. The molecule has 2 aromatic carbocycles. The van der Waals surface area contributed by atoms with E-state index in [1.54, 1.807) is 24.1 Å². The Morgan fingerprint density at radius 2 is 1.94 bits per heavy atom. The first kappa shape index (κ1) is 26.4. The van der Waals surface area contributed by atoms with E-state index in [0.717, 1.165) is 17.5 Å². The van der Waals surface area contributed by atoms with Crippen molar-refractivity contribution in [2.24, 2.45) is 0 Å². The molecule has 1 unspecified atom stereocenters. The van der Waals surface area contributed by atoms with Crippen molar-refractivity contribution in [3.63, 3.8) is 0 Å². The summed E-state index contributed by atoms with van der Waals surface area (Å²) in [6.45, 7) is 4.83. The molecule has 0 saturated carbocycles. The Bertz CT molecular complexity index is 911. The molecular weight excluding hydrogens is 467 g/mol. The normalized spacial score (nSPS) is 11.7. The number of halogens is 2. The summed E-state index contributed by atoms with van der Waals surface area (Å²) in [5.41, 5.74) is 1.83. The monoisotopic (exact) mass is 496 g/mol. The molecule has 1 atom stereocenters. The number of amides is 2. The second kappa shape index (κ2) is 13.6. The number of nitrogens with zero attached hydrogens (tertiary/aromatic N) is 1. The fourth-order valence-corrected chi connectivity index (χ4v) is 4.69. The van der Waals surface area contributed by atoms with Gasteiger partial charge in [0.1, 0.15) is 11.8 Å². The molecule has 0 saturated heterocycles. The van der Waals surface area contributed by atoms with Crippen molar-refractivity contribution in [3.05, 3.63) is 63.6 Å². The zero-order valence-electron chi connectivity index (χ0n) is 18.7. The van der Waals surface area contributed by atoms with Crippen LogP contribution >= 0.6 is 35.0 Å². The van der Waals surface area contributed by atoms with Gasteiger partial charge in [0.2, 0.25) is 11.8 Å². The van der Waals surface area contributed by atoms with E-state index in [4.69, 9.17) is 27.9 Å². The van der Waals surface area contributed by atoms with Crippen molar-refractivity contribution in [2.45, 2.75) is 45.0 Å². The van der Waals surface area contributed by atoms with Crippen LogP contribution in [0, 0.1) is 0 Å². The molecule has 0 aliphatic rings. The maximum absolute atomic E-state index is 13.2. The highest BCUT2D eigenvalue weighted by Crippen LogP contribution is 2.25. The minimum absolute atomic E-state index is 0.0959. The van der Waals surface area contributed by atoms with Crippen LogP contribution in [0.15, 0.2) is 42.5 Å². The van der Waals surface area contributed by atoms with Crippen LogP contribution in [0.5, 0.6) is 5.75 Å². The van der Waals surface area contributed by atoms with Crippen molar-refractivity contribution in [2.75, 3.05) is 19.4 Å². The smallest absolute Gasteiger partial charge is 0.242 e. The number of hydrogen-bond donors (Lipinski definition) is 1. The van der Waals surface area contributed by atoms with Gasteiger partial charge in [-0.1, -0.05) is 55.2 Å². The standard InChI is InChI=1S/C24H30Cl2N2O3S/c1-4-11-27-24(30)22(5-2)28(14-17-7-6-8-20(12-17)31-3)23(29)16-32-15-18-9-10-19(25)13-21(18)26/h6-10,12-13,22H,4-5,11,14-16H2,1-3H3,(H,27,30). The van der Waals surface area contributed by atoms with E-state index in [9.17, 15) is 9.59 Å². The fourth-order valence-electron chi connectivity index (χ4n) is 3.22. The quantitative estimate of drug-likeness (QED) is 0.417. The van der Waals surface area contributed by atoms with Crippen LogP contribution in [0.2, 0.25) is 10.0 Å². The number of hydrogen-bond acceptors (Lipinski definition) is 4. The Kier molecular flexibility index (Phi) is 11.2. The lowest BCUT2D eigenvalue weighted by molar-refractivity contribution is -0.139. The Labute approximate surface area is 204 Å². The predicted molar refractivity (Wildman–Crippen MR) is 134 cm³/mol. The predicted octanol–water partition coefficient (Wildman–Crippen LogP) is 5.57. The number of methoxy groups -OCH3 is 1. The van der Waals surface area contributed by atoms with Crippen molar-refractivity contribution in [1.29, 1.82) is 0 Å². The third-order valence-corrected chi connectivity index (χ3v) is 6.47. The van der Waals surface area contributed by atoms with E-state index in [-0.39, 0.29) is 17.6 Å². The number of nitrogens with one attached hydrogen (secondary N) is 1. The van der Waals surface area contributed by atoms with Crippen molar-refractivity contribution >= 4 is 46.8 Å². The summed E-state index contributed by atoms with van der Waals surface area (Å²) in [6.07, 6.45) is 1.36. The van der Waals surface area contributed by atoms with Crippen LogP contribution in [0.1, 0.15) is 37.8 Å². The lowest BCUT2D eigenvalue weighted by Crippen LogP contribution is -2.49. The number of ether oxygens (including phenoxy) is 1. The molecule has 0 aromatic heterocycles. The van der Waals surface area contributed by atoms with Gasteiger partial charge < -0.3 is 15.0 Å². The third kappa shape index (κ3) is 7.91. The summed E-state index contributed by atoms with van der Waals surface area (Å²) in [7, 11) is 1.60. The summed E-state index contributed by atoms with van der Waals surface area (Å²) in [5.74, 6) is 1.30. The second-order valence-corrected chi connectivity index (χ2v) is 9.15. The van der Waals surface area contributed by atoms with Gasteiger partial charge >= 0.3 is 0 Å². The minimum Gasteiger partial charge on any atom is -0.497 e. The molecule has 32 heavy (non-hydrogen) atoms. The van der Waals surface area contributed by atoms with Gasteiger partial charge in [0.05, 0.1) is 12.9 Å². The maximum Gasteiger partial charge on any atom is 0.242 e. The lowest BCUT2D eigenvalue weighted by Gasteiger charge is -2.30. The molecule has 174 valence electrons. The zero-order valence-corrected chi connectivity index (χ0v) is 21.0. The first-order valence-corrected chi connectivity index (χ1v) is 12.5. The van der Waals surface area contributed by atoms with Crippen molar-refractivity contribution < 1.29 is 14.3 Å². The number of benzene rings is 2. The fraction of sp³-hybridized carbons (Fsp3) is 0.417. The van der Waals surface area contributed by atoms with Crippen LogP contribution in [-0.4, -0.2) is 42.2 Å². The maximum atomic E-state index is 13.2. The molecule has 0 fully saturated rings. The van der Waals surface area contributed by atoms with Gasteiger partial charge in [0.25, 0.3) is 0 Å². The molecule has 8 heteroatoms. The largest absolute Gasteiger partial charge is 0.497 e. The average Bonchev–Trinajstić information content (AvgIpc) is 2.78. The van der Waals surface area contributed by atoms with Gasteiger partial charge in [-0.2, -0.15) is 0 Å². The molecule has 5 nitrogen and oxygen atoms in total. The average molecular weight is 497 g/mol. The van der Waals surface area contributed by atoms with E-state index in [1.165, 1.54) is 11.8 Å². The summed E-state index contributed by atoms with van der Waals surface area (Å²) < 4.78 is 5.31. The van der Waals surface area contributed by atoms with Crippen LogP contribution in [-0.2, 0) is 21.9 Å². The van der Waals surface area contributed by atoms with Crippen molar-refractivity contribution in [3.8, 4) is 5.75 Å². The van der Waals surface area contributed by atoms with Crippen LogP contribution in [0.4, 0.5) is 0 Å². The highest BCUT2D eigenvalue weighted by molar-refractivity contribution is 7.99. The Balaban J connectivity index is 2.15. The molecule has 0 aliphatic carbocycles. The molecule has 0 spiro atoms. The number of carbonyl (C=O) groups excluding carboxylic acids is 2. The Morgan fingerprint density at radius 1 is 1.16 bits per heavy atom. The molecule has 2 rings (SSSR count). The summed E-state index contributed by atoms with van der Waals surface area (Å²) in [5, 5.41) is 4.08. The summed E-state index contributed by atoms with van der Waals surface area (Å²) in [6, 6.07) is 12.4. The van der Waals surface area contributed by atoms with E-state index >= 15 is 0 Å². The van der Waals surface area contributed by atoms with Crippen LogP contribution in [0.25, 0.3) is 0 Å². The third-order valence-electron chi connectivity index (χ3n) is 4.92.